The third-order valence-corrected chi connectivity index (χ3v) is 2.46. The maximum Gasteiger partial charge on any atom is 0.0981 e. The van der Waals surface area contributed by atoms with Crippen LogP contribution in [-0.4, -0.2) is 12.4 Å². The van der Waals surface area contributed by atoms with E-state index in [4.69, 9.17) is 5.73 Å². The van der Waals surface area contributed by atoms with Crippen molar-refractivity contribution >= 4 is 21.8 Å². The highest BCUT2D eigenvalue weighted by atomic mass is 79.9. The van der Waals surface area contributed by atoms with Crippen LogP contribution in [0, 0.1) is 0 Å². The minimum absolute atomic E-state index is 0.689. The Morgan fingerprint density at radius 2 is 2.15 bits per heavy atom. The number of hydrogen-bond acceptors (Lipinski definition) is 1. The summed E-state index contributed by atoms with van der Waals surface area (Å²) < 4.78 is 1.09. The van der Waals surface area contributed by atoms with E-state index in [0.717, 1.165) is 17.4 Å². The first-order valence-corrected chi connectivity index (χ1v) is 5.05. The molecular weight excluding hydrogens is 228 g/mol. The zero-order valence-corrected chi connectivity index (χ0v) is 9.21. The Bertz CT molecular complexity index is 308. The summed E-state index contributed by atoms with van der Waals surface area (Å²) in [5.41, 5.74) is 6.89. The topological polar surface area (TPSA) is 38.4 Å². The van der Waals surface area contributed by atoms with E-state index < -0.39 is 0 Å². The summed E-state index contributed by atoms with van der Waals surface area (Å²) in [7, 11) is 0. The van der Waals surface area contributed by atoms with Crippen molar-refractivity contribution in [2.24, 2.45) is 10.7 Å². The fourth-order valence-electron chi connectivity index (χ4n) is 1.10. The number of halogens is 1. The van der Waals surface area contributed by atoms with E-state index in [2.05, 4.69) is 20.9 Å². The quantitative estimate of drug-likeness (QED) is 0.640. The van der Waals surface area contributed by atoms with Gasteiger partial charge in [-0.15, -0.1) is 0 Å². The largest absolute Gasteiger partial charge is 0.387 e. The summed E-state index contributed by atoms with van der Waals surface area (Å²) in [6.07, 6.45) is 0.718. The van der Waals surface area contributed by atoms with Crippen LogP contribution in [0.3, 0.4) is 0 Å². The van der Waals surface area contributed by atoms with Gasteiger partial charge in [0, 0.05) is 17.4 Å². The normalized spacial score (nSPS) is 11.7. The van der Waals surface area contributed by atoms with Gasteiger partial charge in [-0.2, -0.15) is 0 Å². The Morgan fingerprint density at radius 1 is 1.46 bits per heavy atom. The van der Waals surface area contributed by atoms with Gasteiger partial charge in [-0.3, -0.25) is 4.99 Å². The van der Waals surface area contributed by atoms with Crippen LogP contribution in [0.15, 0.2) is 33.7 Å². The van der Waals surface area contributed by atoms with Crippen molar-refractivity contribution in [2.75, 3.05) is 6.54 Å². The van der Waals surface area contributed by atoms with Gasteiger partial charge in [-0.25, -0.2) is 0 Å². The van der Waals surface area contributed by atoms with Gasteiger partial charge < -0.3 is 5.73 Å². The number of nitrogens with zero attached hydrogens (tertiary/aromatic N) is 1. The summed E-state index contributed by atoms with van der Waals surface area (Å²) in [5.74, 6) is 0.689. The van der Waals surface area contributed by atoms with E-state index in [1.165, 1.54) is 5.56 Å². The standard InChI is InChI=1S/C10H13BrN2/c1-2-13-10(12)7-8-5-3-4-6-9(8)11/h3-6H,2,7H2,1H3,(H2,12,13). The van der Waals surface area contributed by atoms with Crippen LogP contribution >= 0.6 is 15.9 Å². The van der Waals surface area contributed by atoms with Crippen molar-refractivity contribution < 1.29 is 0 Å². The summed E-state index contributed by atoms with van der Waals surface area (Å²) in [5, 5.41) is 0. The van der Waals surface area contributed by atoms with E-state index in [9.17, 15) is 0 Å². The van der Waals surface area contributed by atoms with Crippen LogP contribution < -0.4 is 5.73 Å². The first-order valence-electron chi connectivity index (χ1n) is 4.26. The molecular formula is C10H13BrN2. The molecule has 0 unspecified atom stereocenters. The molecule has 3 heteroatoms. The van der Waals surface area contributed by atoms with E-state index >= 15 is 0 Å². The van der Waals surface area contributed by atoms with Gasteiger partial charge in [0.1, 0.15) is 0 Å². The van der Waals surface area contributed by atoms with Crippen LogP contribution in [0.4, 0.5) is 0 Å². The molecule has 0 aliphatic heterocycles. The summed E-state index contributed by atoms with van der Waals surface area (Å²) in [6.45, 7) is 2.73. The highest BCUT2D eigenvalue weighted by Gasteiger charge is 1.99. The summed E-state index contributed by atoms with van der Waals surface area (Å²) in [4.78, 5) is 4.13. The predicted molar refractivity (Wildman–Crippen MR) is 60.0 cm³/mol. The highest BCUT2D eigenvalue weighted by Crippen LogP contribution is 2.15. The molecule has 0 saturated heterocycles. The summed E-state index contributed by atoms with van der Waals surface area (Å²) >= 11 is 3.47. The molecule has 0 amide bonds. The van der Waals surface area contributed by atoms with Crippen LogP contribution in [0.5, 0.6) is 0 Å². The fourth-order valence-corrected chi connectivity index (χ4v) is 1.52. The van der Waals surface area contributed by atoms with E-state index in [1.807, 2.05) is 31.2 Å². The predicted octanol–water partition coefficient (Wildman–Crippen LogP) is 2.37. The Balaban J connectivity index is 2.74. The van der Waals surface area contributed by atoms with Crippen molar-refractivity contribution in [2.45, 2.75) is 13.3 Å². The average molecular weight is 241 g/mol. The second-order valence-electron chi connectivity index (χ2n) is 2.73. The van der Waals surface area contributed by atoms with Gasteiger partial charge in [-0.1, -0.05) is 34.1 Å². The van der Waals surface area contributed by atoms with Gasteiger partial charge in [0.05, 0.1) is 5.84 Å². The van der Waals surface area contributed by atoms with Crippen LogP contribution in [0.1, 0.15) is 12.5 Å². The molecule has 0 bridgehead atoms. The van der Waals surface area contributed by atoms with Crippen LogP contribution in [-0.2, 0) is 6.42 Å². The maximum atomic E-state index is 5.71. The summed E-state index contributed by atoms with van der Waals surface area (Å²) in [6, 6.07) is 8.04. The Hall–Kier alpha value is -0.830. The Labute approximate surface area is 87.0 Å². The molecule has 0 spiro atoms. The lowest BCUT2D eigenvalue weighted by Gasteiger charge is -2.02. The van der Waals surface area contributed by atoms with Crippen molar-refractivity contribution in [1.82, 2.24) is 0 Å². The van der Waals surface area contributed by atoms with Crippen molar-refractivity contribution in [3.8, 4) is 0 Å². The Kier molecular flexibility index (Phi) is 3.96. The lowest BCUT2D eigenvalue weighted by molar-refractivity contribution is 1.09. The molecule has 1 aromatic rings. The minimum atomic E-state index is 0.689. The number of amidine groups is 1. The molecule has 0 fully saturated rings. The fraction of sp³-hybridized carbons (Fsp3) is 0.300. The number of benzene rings is 1. The van der Waals surface area contributed by atoms with Gasteiger partial charge >= 0.3 is 0 Å². The van der Waals surface area contributed by atoms with E-state index in [1.54, 1.807) is 0 Å². The highest BCUT2D eigenvalue weighted by molar-refractivity contribution is 9.10. The SMILES string of the molecule is CCN=C(N)Cc1ccccc1Br. The Morgan fingerprint density at radius 3 is 2.77 bits per heavy atom. The zero-order valence-electron chi connectivity index (χ0n) is 7.63. The molecule has 2 nitrogen and oxygen atoms in total. The lowest BCUT2D eigenvalue weighted by Crippen LogP contribution is -2.15. The van der Waals surface area contributed by atoms with Crippen LogP contribution in [0.2, 0.25) is 0 Å². The average Bonchev–Trinajstić information content (AvgIpc) is 2.09. The molecule has 0 aliphatic carbocycles. The number of rotatable bonds is 3. The number of aliphatic imine (C=N–C) groups is 1. The van der Waals surface area contributed by atoms with E-state index in [0.29, 0.717) is 5.84 Å². The molecule has 0 radical (unpaired) electrons. The van der Waals surface area contributed by atoms with Gasteiger partial charge in [0.15, 0.2) is 0 Å². The molecule has 0 aromatic heterocycles. The monoisotopic (exact) mass is 240 g/mol. The third-order valence-electron chi connectivity index (χ3n) is 1.69. The zero-order chi connectivity index (χ0) is 9.68. The smallest absolute Gasteiger partial charge is 0.0981 e. The van der Waals surface area contributed by atoms with Gasteiger partial charge in [0.2, 0.25) is 0 Å². The minimum Gasteiger partial charge on any atom is -0.387 e. The third kappa shape index (κ3) is 3.19. The molecule has 0 heterocycles. The van der Waals surface area contributed by atoms with Crippen molar-refractivity contribution in [3.63, 3.8) is 0 Å². The lowest BCUT2D eigenvalue weighted by atomic mass is 10.1. The second kappa shape index (κ2) is 5.02. The molecule has 0 saturated carbocycles. The van der Waals surface area contributed by atoms with Gasteiger partial charge in [0.25, 0.3) is 0 Å². The molecule has 0 atom stereocenters. The van der Waals surface area contributed by atoms with Crippen molar-refractivity contribution in [3.05, 3.63) is 34.3 Å². The number of hydrogen-bond donors (Lipinski definition) is 1. The van der Waals surface area contributed by atoms with Crippen LogP contribution in [0.25, 0.3) is 0 Å². The second-order valence-corrected chi connectivity index (χ2v) is 3.59. The van der Waals surface area contributed by atoms with Gasteiger partial charge in [-0.05, 0) is 18.6 Å². The molecule has 13 heavy (non-hydrogen) atoms. The number of nitrogens with two attached hydrogens (primary N) is 1. The molecule has 0 aliphatic rings. The first-order chi connectivity index (χ1) is 6.24. The molecule has 2 N–H and O–H groups in total. The molecule has 1 aromatic carbocycles. The molecule has 70 valence electrons. The van der Waals surface area contributed by atoms with E-state index in [-0.39, 0.29) is 0 Å². The first kappa shape index (κ1) is 10.3. The maximum absolute atomic E-state index is 5.71. The van der Waals surface area contributed by atoms with Crippen molar-refractivity contribution in [1.29, 1.82) is 0 Å². The molecule has 1 rings (SSSR count).